The summed E-state index contributed by atoms with van der Waals surface area (Å²) in [6, 6.07) is 8.59. The van der Waals surface area contributed by atoms with E-state index in [-0.39, 0.29) is 12.4 Å². The summed E-state index contributed by atoms with van der Waals surface area (Å²) in [5.41, 5.74) is 1.15. The number of aromatic nitrogens is 1. The number of carbonyl (C=O) groups is 2. The fraction of sp³-hybridized carbons (Fsp3) is 0.348. The van der Waals surface area contributed by atoms with Gasteiger partial charge in [-0.3, -0.25) is 9.59 Å². The minimum absolute atomic E-state index is 0.145. The molecule has 0 aliphatic carbocycles. The lowest BCUT2D eigenvalue weighted by Gasteiger charge is -2.18. The molecule has 1 aliphatic heterocycles. The van der Waals surface area contributed by atoms with Gasteiger partial charge in [0.05, 0.1) is 37.5 Å². The molecule has 0 bridgehead atoms. The maximum atomic E-state index is 13.0. The van der Waals surface area contributed by atoms with Crippen LogP contribution in [0.5, 0.6) is 23.0 Å². The molecule has 33 heavy (non-hydrogen) atoms. The number of nitrogens with zero attached hydrogens (tertiary/aromatic N) is 2. The summed E-state index contributed by atoms with van der Waals surface area (Å²) in [5.74, 6) is 1.46. The van der Waals surface area contributed by atoms with E-state index in [4.69, 9.17) is 23.7 Å². The summed E-state index contributed by atoms with van der Waals surface area (Å²) in [4.78, 5) is 29.8. The quantitative estimate of drug-likeness (QED) is 0.487. The van der Waals surface area contributed by atoms with Crippen molar-refractivity contribution in [3.05, 3.63) is 40.7 Å². The summed E-state index contributed by atoms with van der Waals surface area (Å²) in [6.45, 7) is 3.30. The lowest BCUT2D eigenvalue weighted by molar-refractivity contribution is -0.143. The zero-order chi connectivity index (χ0) is 23.4. The van der Waals surface area contributed by atoms with E-state index in [0.717, 1.165) is 10.2 Å². The zero-order valence-corrected chi connectivity index (χ0v) is 19.4. The van der Waals surface area contributed by atoms with E-state index in [1.54, 1.807) is 25.1 Å². The molecule has 0 N–H and O–H groups in total. The van der Waals surface area contributed by atoms with E-state index in [1.807, 2.05) is 16.7 Å². The first-order valence-electron chi connectivity index (χ1n) is 10.4. The Balaban J connectivity index is 1.77. The van der Waals surface area contributed by atoms with Crippen molar-refractivity contribution in [3.63, 3.8) is 0 Å². The Morgan fingerprint density at radius 1 is 1.06 bits per heavy atom. The van der Waals surface area contributed by atoms with Gasteiger partial charge in [0, 0.05) is 24.2 Å². The van der Waals surface area contributed by atoms with Crippen molar-refractivity contribution >= 4 is 33.4 Å². The molecule has 1 aliphatic rings. The number of fused-ring (bicyclic) bond motifs is 2. The van der Waals surface area contributed by atoms with Crippen molar-refractivity contribution in [1.29, 1.82) is 0 Å². The van der Waals surface area contributed by atoms with E-state index < -0.39 is 5.91 Å². The standard InChI is InChI=1S/C23H24N2O7S/c1-4-30-21(26)7-8-25-15-12-18-19(32-10-9-31-18)13-20(15)33-23(25)24-22(27)14-5-6-16(28-2)17(11-14)29-3/h5-6,11-13H,4,7-10H2,1-3H3. The molecule has 0 fully saturated rings. The highest BCUT2D eigenvalue weighted by Crippen LogP contribution is 2.35. The Hall–Kier alpha value is -3.53. The summed E-state index contributed by atoms with van der Waals surface area (Å²) >= 11 is 1.33. The number of benzene rings is 2. The number of ether oxygens (including phenoxy) is 5. The monoisotopic (exact) mass is 472 g/mol. The molecule has 0 radical (unpaired) electrons. The number of carbonyl (C=O) groups excluding carboxylic acids is 2. The number of aryl methyl sites for hydroxylation is 1. The SMILES string of the molecule is CCOC(=O)CCn1c(=NC(=O)c2ccc(OC)c(OC)c2)sc2cc3c(cc21)OCCO3. The molecule has 9 nitrogen and oxygen atoms in total. The Bertz CT molecular complexity index is 1260. The second kappa shape index (κ2) is 9.95. The topological polar surface area (TPSA) is 97.6 Å². The number of esters is 1. The molecule has 0 unspecified atom stereocenters. The molecule has 0 spiro atoms. The molecule has 2 aromatic carbocycles. The highest BCUT2D eigenvalue weighted by atomic mass is 32.1. The van der Waals surface area contributed by atoms with Crippen LogP contribution in [-0.4, -0.2) is 50.5 Å². The molecule has 4 rings (SSSR count). The van der Waals surface area contributed by atoms with Crippen LogP contribution in [0.15, 0.2) is 35.3 Å². The summed E-state index contributed by atoms with van der Waals surface area (Å²) in [7, 11) is 3.03. The number of thiazole rings is 1. The zero-order valence-electron chi connectivity index (χ0n) is 18.6. The van der Waals surface area contributed by atoms with E-state index in [1.165, 1.54) is 25.6 Å². The average Bonchev–Trinajstić information content (AvgIpc) is 3.16. The third kappa shape index (κ3) is 4.80. The van der Waals surface area contributed by atoms with E-state index in [2.05, 4.69) is 4.99 Å². The minimum atomic E-state index is -0.440. The van der Waals surface area contributed by atoms with Gasteiger partial charge in [0.25, 0.3) is 5.91 Å². The molecular formula is C23H24N2O7S. The second-order valence-corrected chi connectivity index (χ2v) is 8.05. The first-order valence-corrected chi connectivity index (χ1v) is 11.3. The van der Waals surface area contributed by atoms with Gasteiger partial charge in [0.15, 0.2) is 27.8 Å². The molecule has 10 heteroatoms. The van der Waals surface area contributed by atoms with Gasteiger partial charge in [0.2, 0.25) is 0 Å². The third-order valence-corrected chi connectivity index (χ3v) is 6.06. The normalized spacial score (nSPS) is 13.1. The van der Waals surface area contributed by atoms with Gasteiger partial charge in [0.1, 0.15) is 13.2 Å². The molecule has 3 aromatic rings. The number of hydrogen-bond donors (Lipinski definition) is 0. The molecule has 174 valence electrons. The molecule has 2 heterocycles. The van der Waals surface area contributed by atoms with Crippen LogP contribution in [0.3, 0.4) is 0 Å². The maximum absolute atomic E-state index is 13.0. The fourth-order valence-corrected chi connectivity index (χ4v) is 4.53. The number of methoxy groups -OCH3 is 2. The van der Waals surface area contributed by atoms with Gasteiger partial charge >= 0.3 is 5.97 Å². The predicted molar refractivity (Wildman–Crippen MR) is 121 cm³/mol. The lowest BCUT2D eigenvalue weighted by atomic mass is 10.2. The molecule has 1 aromatic heterocycles. The summed E-state index contributed by atoms with van der Waals surface area (Å²) in [5, 5.41) is 0. The van der Waals surface area contributed by atoms with E-state index in [0.29, 0.717) is 59.7 Å². The molecular weight excluding hydrogens is 448 g/mol. The predicted octanol–water partition coefficient (Wildman–Crippen LogP) is 3.19. The first-order chi connectivity index (χ1) is 16.0. The van der Waals surface area contributed by atoms with Crippen LogP contribution >= 0.6 is 11.3 Å². The molecule has 0 saturated heterocycles. The average molecular weight is 473 g/mol. The van der Waals surface area contributed by atoms with Crippen molar-refractivity contribution in [2.24, 2.45) is 4.99 Å². The van der Waals surface area contributed by atoms with E-state index in [9.17, 15) is 9.59 Å². The van der Waals surface area contributed by atoms with Gasteiger partial charge in [-0.2, -0.15) is 4.99 Å². The van der Waals surface area contributed by atoms with Crippen LogP contribution < -0.4 is 23.7 Å². The smallest absolute Gasteiger partial charge is 0.307 e. The van der Waals surface area contributed by atoms with Crippen LogP contribution in [0.2, 0.25) is 0 Å². The summed E-state index contributed by atoms with van der Waals surface area (Å²) in [6.07, 6.45) is 0.145. The van der Waals surface area contributed by atoms with Crippen LogP contribution in [0, 0.1) is 0 Å². The van der Waals surface area contributed by atoms with Crippen molar-refractivity contribution in [1.82, 2.24) is 4.57 Å². The third-order valence-electron chi connectivity index (χ3n) is 5.02. The number of hydrogen-bond acceptors (Lipinski definition) is 8. The van der Waals surface area contributed by atoms with Crippen LogP contribution in [0.25, 0.3) is 10.2 Å². The van der Waals surface area contributed by atoms with Crippen LogP contribution in [-0.2, 0) is 16.1 Å². The van der Waals surface area contributed by atoms with Gasteiger partial charge in [-0.25, -0.2) is 0 Å². The minimum Gasteiger partial charge on any atom is -0.493 e. The van der Waals surface area contributed by atoms with Crippen LogP contribution in [0.1, 0.15) is 23.7 Å². The first kappa shape index (κ1) is 22.7. The largest absolute Gasteiger partial charge is 0.493 e. The molecule has 1 amide bonds. The number of rotatable bonds is 7. The molecule has 0 atom stereocenters. The van der Waals surface area contributed by atoms with Gasteiger partial charge in [-0.15, -0.1) is 0 Å². The van der Waals surface area contributed by atoms with Crippen LogP contribution in [0.4, 0.5) is 0 Å². The van der Waals surface area contributed by atoms with Crippen molar-refractivity contribution in [3.8, 4) is 23.0 Å². The van der Waals surface area contributed by atoms with Crippen molar-refractivity contribution in [2.75, 3.05) is 34.0 Å². The Kier molecular flexibility index (Phi) is 6.83. The maximum Gasteiger partial charge on any atom is 0.307 e. The number of amides is 1. The fourth-order valence-electron chi connectivity index (χ4n) is 3.46. The van der Waals surface area contributed by atoms with Crippen molar-refractivity contribution in [2.45, 2.75) is 19.9 Å². The van der Waals surface area contributed by atoms with Gasteiger partial charge < -0.3 is 28.3 Å². The van der Waals surface area contributed by atoms with Crippen molar-refractivity contribution < 1.29 is 33.3 Å². The Morgan fingerprint density at radius 2 is 1.79 bits per heavy atom. The molecule has 0 saturated carbocycles. The Morgan fingerprint density at radius 3 is 2.48 bits per heavy atom. The lowest BCUT2D eigenvalue weighted by Crippen LogP contribution is -2.20. The second-order valence-electron chi connectivity index (χ2n) is 7.04. The highest BCUT2D eigenvalue weighted by Gasteiger charge is 2.18. The Labute approximate surface area is 194 Å². The van der Waals surface area contributed by atoms with E-state index >= 15 is 0 Å². The summed E-state index contributed by atoms with van der Waals surface area (Å²) < 4.78 is 29.7. The van der Waals surface area contributed by atoms with Gasteiger partial charge in [-0.05, 0) is 25.1 Å². The highest BCUT2D eigenvalue weighted by molar-refractivity contribution is 7.16. The van der Waals surface area contributed by atoms with Gasteiger partial charge in [-0.1, -0.05) is 11.3 Å².